The van der Waals surface area contributed by atoms with Gasteiger partial charge in [0.15, 0.2) is 6.29 Å². The van der Waals surface area contributed by atoms with Crippen LogP contribution in [0.15, 0.2) is 59.8 Å². The maximum atomic E-state index is 14.8. The van der Waals surface area contributed by atoms with E-state index in [0.29, 0.717) is 52.6 Å². The number of ether oxygens (including phenoxy) is 1. The van der Waals surface area contributed by atoms with Crippen LogP contribution < -0.4 is 20.5 Å². The van der Waals surface area contributed by atoms with Crippen molar-refractivity contribution in [3.8, 4) is 17.0 Å². The van der Waals surface area contributed by atoms with Gasteiger partial charge in [0, 0.05) is 44.2 Å². The normalized spacial score (nSPS) is 14.7. The summed E-state index contributed by atoms with van der Waals surface area (Å²) in [4.78, 5) is 36.9. The molecule has 11 nitrogen and oxygen atoms in total. The van der Waals surface area contributed by atoms with Gasteiger partial charge in [-0.3, -0.25) is 14.5 Å². The van der Waals surface area contributed by atoms with Crippen LogP contribution in [0.2, 0.25) is 0 Å². The van der Waals surface area contributed by atoms with Crippen molar-refractivity contribution < 1.29 is 27.8 Å². The largest absolute Gasteiger partial charge is 0.485 e. The quantitative estimate of drug-likeness (QED) is 0.171. The number of nitrogens with one attached hydrogen (secondary N) is 1. The molecule has 0 bridgehead atoms. The lowest BCUT2D eigenvalue weighted by molar-refractivity contribution is -0.144. The molecule has 0 radical (unpaired) electrons. The zero-order valence-electron chi connectivity index (χ0n) is 29.7. The van der Waals surface area contributed by atoms with Crippen LogP contribution in [0, 0.1) is 5.82 Å². The van der Waals surface area contributed by atoms with Gasteiger partial charge in [-0.1, -0.05) is 26.8 Å². The van der Waals surface area contributed by atoms with Crippen molar-refractivity contribution in [2.24, 2.45) is 7.05 Å². The van der Waals surface area contributed by atoms with Crippen LogP contribution in [0.4, 0.5) is 30.5 Å². The Hall–Kier alpha value is -5.08. The van der Waals surface area contributed by atoms with Gasteiger partial charge in [0.25, 0.3) is 11.5 Å². The van der Waals surface area contributed by atoms with Crippen LogP contribution in [0.1, 0.15) is 61.7 Å². The van der Waals surface area contributed by atoms with Crippen molar-refractivity contribution in [2.45, 2.75) is 58.2 Å². The number of aliphatic hydroxyl groups excluding tert-OH is 1. The van der Waals surface area contributed by atoms with E-state index in [1.807, 2.05) is 34.6 Å². The van der Waals surface area contributed by atoms with Crippen molar-refractivity contribution in [1.29, 1.82) is 0 Å². The molecule has 4 heterocycles. The number of hydrogen-bond donors (Lipinski definition) is 2. The van der Waals surface area contributed by atoms with Gasteiger partial charge in [-0.25, -0.2) is 27.8 Å². The Balaban J connectivity index is 1.38. The number of anilines is 3. The van der Waals surface area contributed by atoms with Gasteiger partial charge in [-0.2, -0.15) is 5.10 Å². The number of carbonyl (C=O) groups is 1. The summed E-state index contributed by atoms with van der Waals surface area (Å²) >= 11 is 0. The molecule has 270 valence electrons. The molecule has 0 aliphatic carbocycles. The van der Waals surface area contributed by atoms with Crippen molar-refractivity contribution in [1.82, 2.24) is 24.6 Å². The molecule has 0 spiro atoms. The highest BCUT2D eigenvalue weighted by atomic mass is 19.3. The molecule has 5 rings (SSSR count). The predicted molar refractivity (Wildman–Crippen MR) is 190 cm³/mol. The van der Waals surface area contributed by atoms with Crippen molar-refractivity contribution in [3.63, 3.8) is 0 Å². The summed E-state index contributed by atoms with van der Waals surface area (Å²) in [5.74, 6) is -2.11. The first-order chi connectivity index (χ1) is 23.9. The van der Waals surface area contributed by atoms with Crippen molar-refractivity contribution in [3.05, 3.63) is 93.4 Å². The Morgan fingerprint density at radius 1 is 1.10 bits per heavy atom. The number of nitrogens with zero attached hydrogens (tertiary/aromatic N) is 6. The number of pyridine rings is 2. The molecule has 0 atom stereocenters. The molecule has 3 aromatic heterocycles. The van der Waals surface area contributed by atoms with Gasteiger partial charge in [0.05, 0.1) is 37.2 Å². The van der Waals surface area contributed by atoms with Crippen LogP contribution >= 0.6 is 0 Å². The monoisotopic (exact) mass is 705 g/mol. The Kier molecular flexibility index (Phi) is 10.4. The molecular formula is C37H42F3N7O4. The Bertz CT molecular complexity index is 2000. The second-order valence-electron chi connectivity index (χ2n) is 14.3. The molecule has 2 N–H and O–H groups in total. The number of halogens is 3. The van der Waals surface area contributed by atoms with E-state index in [2.05, 4.69) is 20.4 Å². The van der Waals surface area contributed by atoms with E-state index >= 15 is 0 Å². The molecule has 1 aromatic carbocycles. The molecule has 1 aliphatic heterocycles. The summed E-state index contributed by atoms with van der Waals surface area (Å²) in [6.07, 6.45) is 6.75. The van der Waals surface area contributed by atoms with E-state index in [4.69, 9.17) is 4.74 Å². The topological polar surface area (TPSA) is 126 Å². The van der Waals surface area contributed by atoms with Gasteiger partial charge in [-0.15, -0.1) is 0 Å². The number of benzene rings is 1. The maximum Gasteiger partial charge on any atom is 0.290 e. The minimum atomic E-state index is -2.66. The summed E-state index contributed by atoms with van der Waals surface area (Å²) in [6.45, 7) is 8.80. The van der Waals surface area contributed by atoms with Crippen LogP contribution in [-0.4, -0.2) is 74.2 Å². The smallest absolute Gasteiger partial charge is 0.290 e. The summed E-state index contributed by atoms with van der Waals surface area (Å²) in [7, 11) is 3.21. The second kappa shape index (κ2) is 14.3. The highest BCUT2D eigenvalue weighted by molar-refractivity contribution is 5.83. The summed E-state index contributed by atoms with van der Waals surface area (Å²) < 4.78 is 48.5. The van der Waals surface area contributed by atoms with E-state index in [1.165, 1.54) is 24.0 Å². The third-order valence-corrected chi connectivity index (χ3v) is 8.39. The molecule has 0 unspecified atom stereocenters. The minimum absolute atomic E-state index is 0.0662. The Morgan fingerprint density at radius 3 is 2.43 bits per heavy atom. The Labute approximate surface area is 294 Å². The number of carbonyl (C=O) groups excluding carboxylic acids is 1. The van der Waals surface area contributed by atoms with Gasteiger partial charge >= 0.3 is 0 Å². The molecule has 51 heavy (non-hydrogen) atoms. The first kappa shape index (κ1) is 37.2. The molecule has 1 saturated heterocycles. The van der Waals surface area contributed by atoms with Gasteiger partial charge in [0.1, 0.15) is 34.5 Å². The van der Waals surface area contributed by atoms with Crippen LogP contribution in [-0.2, 0) is 19.1 Å². The molecule has 4 aromatic rings. The highest BCUT2D eigenvalue weighted by Gasteiger charge is 2.45. The van der Waals surface area contributed by atoms with Crippen LogP contribution in [0.3, 0.4) is 0 Å². The molecule has 0 saturated carbocycles. The van der Waals surface area contributed by atoms with Crippen molar-refractivity contribution >= 4 is 29.7 Å². The summed E-state index contributed by atoms with van der Waals surface area (Å²) in [6, 6.07) is 9.66. The number of aldehydes is 1. The van der Waals surface area contributed by atoms with Gasteiger partial charge in [0.2, 0.25) is 0 Å². The second-order valence-corrected chi connectivity index (χ2v) is 14.3. The number of likely N-dealkylation sites (tertiary alicyclic amines) is 1. The fourth-order valence-electron chi connectivity index (χ4n) is 5.87. The highest BCUT2D eigenvalue weighted by Crippen LogP contribution is 2.32. The van der Waals surface area contributed by atoms with Gasteiger partial charge in [-0.05, 0) is 66.8 Å². The van der Waals surface area contributed by atoms with E-state index in [-0.39, 0.29) is 29.8 Å². The Morgan fingerprint density at radius 2 is 1.82 bits per heavy atom. The average Bonchev–Trinajstić information content (AvgIpc) is 3.04. The average molecular weight is 706 g/mol. The molecule has 1 fully saturated rings. The number of hydrogen-bond acceptors (Lipinski definition) is 10. The lowest BCUT2D eigenvalue weighted by atomic mass is 9.85. The molecular weight excluding hydrogens is 663 g/mol. The third kappa shape index (κ3) is 8.63. The molecule has 1 aliphatic rings. The lowest BCUT2D eigenvalue weighted by Crippen LogP contribution is -2.60. The third-order valence-electron chi connectivity index (χ3n) is 8.39. The number of alkyl halides is 2. The van der Waals surface area contributed by atoms with Crippen LogP contribution in [0.5, 0.6) is 5.75 Å². The first-order valence-corrected chi connectivity index (χ1v) is 16.3. The molecule has 0 amide bonds. The fourth-order valence-corrected chi connectivity index (χ4v) is 5.87. The standard InChI is InChI=1S/C37H42F3N7O4/c1-35(2,3)24-14-23(27(18-48)29(38)15-24)11-13-45(6)33-28(19-49)26(10-12-41-33)30-16-31(34(50)46(7)44-30)43-32-9-8-25(17-42-32)51-36(4,5)20-47-21-37(39,40)22-47/h8-18,49H,19-22H2,1-7H3,(H,42,43)/b13-11-. The summed E-state index contributed by atoms with van der Waals surface area (Å²) in [5, 5.41) is 18.0. The zero-order valence-corrected chi connectivity index (χ0v) is 29.7. The van der Waals surface area contributed by atoms with Crippen molar-refractivity contribution in [2.75, 3.05) is 36.9 Å². The SMILES string of the molecule is CN(/C=C\c1cc(C(C)(C)C)cc(F)c1C=O)c1nccc(-c2cc(Nc3ccc(OC(C)(C)CN4CC(F)(F)C4)cn3)c(=O)n(C)n2)c1CO. The van der Waals surface area contributed by atoms with Gasteiger partial charge < -0.3 is 20.1 Å². The minimum Gasteiger partial charge on any atom is -0.485 e. The lowest BCUT2D eigenvalue weighted by Gasteiger charge is -2.42. The number of aromatic nitrogens is 4. The zero-order chi connectivity index (χ0) is 37.3. The number of rotatable bonds is 12. The predicted octanol–water partition coefficient (Wildman–Crippen LogP) is 5.94. The van der Waals surface area contributed by atoms with E-state index < -0.39 is 29.5 Å². The summed E-state index contributed by atoms with van der Waals surface area (Å²) in [5.41, 5.74) is 0.999. The number of aryl methyl sites for hydroxylation is 1. The fraction of sp³-hybridized carbons (Fsp3) is 0.378. The maximum absolute atomic E-state index is 14.8. The molecule has 14 heteroatoms. The van der Waals surface area contributed by atoms with E-state index in [1.54, 1.807) is 65.7 Å². The van der Waals surface area contributed by atoms with E-state index in [0.717, 1.165) is 5.56 Å². The van der Waals surface area contributed by atoms with E-state index in [9.17, 15) is 27.9 Å². The number of aliphatic hydroxyl groups is 1. The van der Waals surface area contributed by atoms with Crippen LogP contribution in [0.25, 0.3) is 17.3 Å². The first-order valence-electron chi connectivity index (χ1n) is 16.3.